The molecule has 1 atom stereocenters. The molecule has 0 radical (unpaired) electrons. The van der Waals surface area contributed by atoms with Gasteiger partial charge < -0.3 is 15.0 Å². The van der Waals surface area contributed by atoms with Crippen LogP contribution in [0.1, 0.15) is 25.7 Å². The summed E-state index contributed by atoms with van der Waals surface area (Å²) in [5.74, 6) is 1.04. The van der Waals surface area contributed by atoms with Crippen molar-refractivity contribution >= 4 is 5.69 Å². The van der Waals surface area contributed by atoms with Crippen LogP contribution in [0.3, 0.4) is 0 Å². The second kappa shape index (κ2) is 4.10. The van der Waals surface area contributed by atoms with E-state index in [0.29, 0.717) is 17.4 Å². The molecule has 18 heavy (non-hydrogen) atoms. The molecule has 1 aromatic carbocycles. The summed E-state index contributed by atoms with van der Waals surface area (Å²) < 4.78 is 11.0. The highest BCUT2D eigenvalue weighted by molar-refractivity contribution is 5.70. The van der Waals surface area contributed by atoms with Crippen LogP contribution in [0.4, 0.5) is 5.69 Å². The molecule has 5 nitrogen and oxygen atoms in total. The van der Waals surface area contributed by atoms with Crippen LogP contribution in [-0.4, -0.2) is 16.7 Å². The molecule has 94 valence electrons. The lowest BCUT2D eigenvalue weighted by Gasteiger charge is -2.16. The number of nitrogen functional groups attached to an aromatic ring is 1. The summed E-state index contributed by atoms with van der Waals surface area (Å²) in [6.45, 7) is 2.72. The van der Waals surface area contributed by atoms with Crippen molar-refractivity contribution < 1.29 is 9.26 Å². The Bertz CT molecular complexity index is 559. The van der Waals surface area contributed by atoms with Crippen LogP contribution < -0.4 is 5.73 Å². The predicted molar refractivity (Wildman–Crippen MR) is 66.7 cm³/mol. The average Bonchev–Trinajstić information content (AvgIpc) is 2.99. The first kappa shape index (κ1) is 11.2. The van der Waals surface area contributed by atoms with Crippen molar-refractivity contribution in [2.75, 3.05) is 12.3 Å². The first-order valence-electron chi connectivity index (χ1n) is 6.02. The van der Waals surface area contributed by atoms with Gasteiger partial charge in [-0.05, 0) is 31.9 Å². The number of anilines is 1. The third-order valence-electron chi connectivity index (χ3n) is 3.30. The number of rotatable bonds is 2. The molecule has 0 amide bonds. The zero-order chi connectivity index (χ0) is 12.6. The maximum atomic E-state index is 5.90. The Labute approximate surface area is 105 Å². The first-order chi connectivity index (χ1) is 8.69. The van der Waals surface area contributed by atoms with E-state index >= 15 is 0 Å². The normalized spacial score (nSPS) is 23.4. The summed E-state index contributed by atoms with van der Waals surface area (Å²) >= 11 is 0. The van der Waals surface area contributed by atoms with Crippen LogP contribution in [0, 0.1) is 0 Å². The van der Waals surface area contributed by atoms with Gasteiger partial charge >= 0.3 is 0 Å². The molecule has 5 heteroatoms. The maximum absolute atomic E-state index is 5.90. The van der Waals surface area contributed by atoms with Gasteiger partial charge in [0.2, 0.25) is 5.82 Å². The first-order valence-corrected chi connectivity index (χ1v) is 6.02. The number of nitrogens with zero attached hydrogens (tertiary/aromatic N) is 2. The Balaban J connectivity index is 1.97. The van der Waals surface area contributed by atoms with E-state index in [2.05, 4.69) is 10.1 Å². The van der Waals surface area contributed by atoms with Crippen LogP contribution in [0.5, 0.6) is 0 Å². The van der Waals surface area contributed by atoms with Crippen LogP contribution in [0.15, 0.2) is 28.8 Å². The van der Waals surface area contributed by atoms with Gasteiger partial charge in [-0.2, -0.15) is 4.98 Å². The second-order valence-electron chi connectivity index (χ2n) is 4.69. The fourth-order valence-corrected chi connectivity index (χ4v) is 2.20. The number of para-hydroxylation sites is 1. The number of hydrogen-bond donors (Lipinski definition) is 1. The van der Waals surface area contributed by atoms with Gasteiger partial charge in [-0.15, -0.1) is 0 Å². The zero-order valence-corrected chi connectivity index (χ0v) is 10.2. The Morgan fingerprint density at radius 2 is 2.17 bits per heavy atom. The van der Waals surface area contributed by atoms with Gasteiger partial charge in [0.05, 0.1) is 0 Å². The molecule has 1 aliphatic heterocycles. The smallest absolute Gasteiger partial charge is 0.258 e. The minimum atomic E-state index is -0.450. The quantitative estimate of drug-likeness (QED) is 0.822. The van der Waals surface area contributed by atoms with Crippen LogP contribution in [0.2, 0.25) is 0 Å². The zero-order valence-electron chi connectivity index (χ0n) is 10.2. The molecule has 0 spiro atoms. The SMILES string of the molecule is CC1(c2nc(-c3ccccc3N)no2)CCCO1. The summed E-state index contributed by atoms with van der Waals surface area (Å²) in [7, 11) is 0. The van der Waals surface area contributed by atoms with Crippen molar-refractivity contribution in [3.8, 4) is 11.4 Å². The molecule has 3 rings (SSSR count). The lowest BCUT2D eigenvalue weighted by atomic mass is 10.0. The third-order valence-corrected chi connectivity index (χ3v) is 3.30. The summed E-state index contributed by atoms with van der Waals surface area (Å²) in [4.78, 5) is 4.41. The highest BCUT2D eigenvalue weighted by Gasteiger charge is 2.37. The van der Waals surface area contributed by atoms with E-state index < -0.39 is 5.60 Å². The van der Waals surface area contributed by atoms with E-state index in [-0.39, 0.29) is 0 Å². The molecule has 0 aliphatic carbocycles. The van der Waals surface area contributed by atoms with Crippen molar-refractivity contribution in [3.63, 3.8) is 0 Å². The predicted octanol–water partition coefficient (Wildman–Crippen LogP) is 2.34. The maximum Gasteiger partial charge on any atom is 0.258 e. The topological polar surface area (TPSA) is 74.2 Å². The van der Waals surface area contributed by atoms with Crippen LogP contribution >= 0.6 is 0 Å². The van der Waals surface area contributed by atoms with E-state index in [0.717, 1.165) is 25.0 Å². The molecule has 1 unspecified atom stereocenters. The number of benzene rings is 1. The van der Waals surface area contributed by atoms with Crippen LogP contribution in [0.25, 0.3) is 11.4 Å². The molecular formula is C13H15N3O2. The molecule has 1 saturated heterocycles. The number of nitrogens with two attached hydrogens (primary N) is 1. The molecule has 2 N–H and O–H groups in total. The van der Waals surface area contributed by atoms with Crippen molar-refractivity contribution in [1.82, 2.24) is 10.1 Å². The van der Waals surface area contributed by atoms with Gasteiger partial charge in [0.15, 0.2) is 0 Å². The standard InChI is InChI=1S/C13H15N3O2/c1-13(7-4-8-17-13)12-15-11(16-18-12)9-5-2-3-6-10(9)14/h2-3,5-6H,4,7-8,14H2,1H3. The van der Waals surface area contributed by atoms with Gasteiger partial charge in [0, 0.05) is 17.9 Å². The highest BCUT2D eigenvalue weighted by atomic mass is 16.5. The van der Waals surface area contributed by atoms with Gasteiger partial charge in [0.25, 0.3) is 5.89 Å². The molecule has 1 fully saturated rings. The molecular weight excluding hydrogens is 230 g/mol. The Morgan fingerprint density at radius 1 is 1.33 bits per heavy atom. The molecule has 2 heterocycles. The van der Waals surface area contributed by atoms with Crippen molar-refractivity contribution in [2.24, 2.45) is 0 Å². The number of aromatic nitrogens is 2. The molecule has 1 aliphatic rings. The largest absolute Gasteiger partial charge is 0.398 e. The fraction of sp³-hybridized carbons (Fsp3) is 0.385. The Hall–Kier alpha value is -1.88. The minimum absolute atomic E-state index is 0.450. The summed E-state index contributed by atoms with van der Waals surface area (Å²) in [5.41, 5.74) is 6.87. The van der Waals surface area contributed by atoms with Crippen molar-refractivity contribution in [3.05, 3.63) is 30.2 Å². The molecule has 0 bridgehead atoms. The summed E-state index contributed by atoms with van der Waals surface area (Å²) in [6, 6.07) is 7.47. The summed E-state index contributed by atoms with van der Waals surface area (Å²) in [6.07, 6.45) is 1.92. The van der Waals surface area contributed by atoms with E-state index in [9.17, 15) is 0 Å². The Kier molecular flexibility index (Phi) is 2.56. The third kappa shape index (κ3) is 1.76. The lowest BCUT2D eigenvalue weighted by molar-refractivity contribution is -0.00937. The van der Waals surface area contributed by atoms with Gasteiger partial charge in [-0.25, -0.2) is 0 Å². The number of hydrogen-bond acceptors (Lipinski definition) is 5. The Morgan fingerprint density at radius 3 is 2.89 bits per heavy atom. The molecule has 2 aromatic rings. The van der Waals surface area contributed by atoms with E-state index in [1.54, 1.807) is 0 Å². The average molecular weight is 245 g/mol. The monoisotopic (exact) mass is 245 g/mol. The highest BCUT2D eigenvalue weighted by Crippen LogP contribution is 2.35. The lowest BCUT2D eigenvalue weighted by Crippen LogP contribution is -2.20. The van der Waals surface area contributed by atoms with Crippen LogP contribution in [-0.2, 0) is 10.3 Å². The van der Waals surface area contributed by atoms with E-state index in [4.69, 9.17) is 15.0 Å². The molecule has 1 aromatic heterocycles. The van der Waals surface area contributed by atoms with Crippen molar-refractivity contribution in [1.29, 1.82) is 0 Å². The van der Waals surface area contributed by atoms with Gasteiger partial charge in [-0.1, -0.05) is 17.3 Å². The summed E-state index contributed by atoms with van der Waals surface area (Å²) in [5, 5.41) is 3.99. The van der Waals surface area contributed by atoms with Crippen molar-refractivity contribution in [2.45, 2.75) is 25.4 Å². The minimum Gasteiger partial charge on any atom is -0.398 e. The molecule has 0 saturated carbocycles. The fourth-order valence-electron chi connectivity index (χ4n) is 2.20. The number of ether oxygens (including phenoxy) is 1. The van der Waals surface area contributed by atoms with Gasteiger partial charge in [0.1, 0.15) is 5.60 Å². The van der Waals surface area contributed by atoms with Gasteiger partial charge in [-0.3, -0.25) is 0 Å². The second-order valence-corrected chi connectivity index (χ2v) is 4.69. The van der Waals surface area contributed by atoms with E-state index in [1.165, 1.54) is 0 Å². The van der Waals surface area contributed by atoms with E-state index in [1.807, 2.05) is 31.2 Å².